The molecule has 5 heteroatoms. The van der Waals surface area contributed by atoms with Gasteiger partial charge in [-0.2, -0.15) is 0 Å². The summed E-state index contributed by atoms with van der Waals surface area (Å²) >= 11 is 5.48. The summed E-state index contributed by atoms with van der Waals surface area (Å²) in [6.45, 7) is 1.81. The van der Waals surface area contributed by atoms with Crippen LogP contribution in [0.25, 0.3) is 0 Å². The first-order valence-electron chi connectivity index (χ1n) is 3.92. The van der Waals surface area contributed by atoms with Crippen molar-refractivity contribution in [1.29, 1.82) is 0 Å². The maximum Gasteiger partial charge on any atom is 0.339 e. The lowest BCUT2D eigenvalue weighted by molar-refractivity contribution is 0.0691. The molecule has 0 atom stereocenters. The van der Waals surface area contributed by atoms with Crippen molar-refractivity contribution in [2.75, 3.05) is 6.61 Å². The highest BCUT2D eigenvalue weighted by Gasteiger charge is 2.18. The minimum Gasteiger partial charge on any atom is -0.490 e. The number of aromatic carboxylic acids is 1. The fourth-order valence-electron chi connectivity index (χ4n) is 0.986. The number of rotatable bonds is 3. The maximum atomic E-state index is 13.3. The van der Waals surface area contributed by atoms with Gasteiger partial charge in [-0.15, -0.1) is 0 Å². The average molecular weight is 219 g/mol. The highest BCUT2D eigenvalue weighted by atomic mass is 35.5. The predicted molar refractivity (Wildman–Crippen MR) is 49.5 cm³/mol. The third-order valence-electron chi connectivity index (χ3n) is 1.57. The van der Waals surface area contributed by atoms with E-state index in [-0.39, 0.29) is 22.9 Å². The van der Waals surface area contributed by atoms with E-state index in [1.807, 2.05) is 0 Å². The van der Waals surface area contributed by atoms with Gasteiger partial charge in [0.2, 0.25) is 0 Å². The lowest BCUT2D eigenvalue weighted by Gasteiger charge is -2.08. The summed E-state index contributed by atoms with van der Waals surface area (Å²) in [5.41, 5.74) is -0.228. The fraction of sp³-hybridized carbons (Fsp3) is 0.222. The molecule has 1 N–H and O–H groups in total. The molecule has 3 nitrogen and oxygen atoms in total. The smallest absolute Gasteiger partial charge is 0.339 e. The standard InChI is InChI=1S/C9H8ClFO3/c1-2-14-8-5(9(12)13)3-4-6(10)7(8)11/h3-4H,2H2,1H3,(H,12,13). The number of carboxylic acids is 1. The largest absolute Gasteiger partial charge is 0.490 e. The normalized spacial score (nSPS) is 9.93. The first-order chi connectivity index (χ1) is 6.57. The molecule has 0 heterocycles. The third kappa shape index (κ3) is 1.96. The number of hydrogen-bond acceptors (Lipinski definition) is 2. The van der Waals surface area contributed by atoms with Gasteiger partial charge in [-0.1, -0.05) is 11.6 Å². The van der Waals surface area contributed by atoms with E-state index in [1.54, 1.807) is 6.92 Å². The first kappa shape index (κ1) is 10.8. The Labute approximate surface area is 85.1 Å². The SMILES string of the molecule is CCOc1c(C(=O)O)ccc(Cl)c1F. The molecule has 0 bridgehead atoms. The minimum absolute atomic E-state index is 0.154. The van der Waals surface area contributed by atoms with Gasteiger partial charge in [0.15, 0.2) is 11.6 Å². The topological polar surface area (TPSA) is 46.5 Å². The summed E-state index contributed by atoms with van der Waals surface area (Å²) in [6, 6.07) is 2.39. The van der Waals surface area contributed by atoms with Crippen molar-refractivity contribution in [3.63, 3.8) is 0 Å². The first-order valence-corrected chi connectivity index (χ1v) is 4.29. The molecule has 76 valence electrons. The van der Waals surface area contributed by atoms with Crippen LogP contribution >= 0.6 is 11.6 Å². The maximum absolute atomic E-state index is 13.3. The van der Waals surface area contributed by atoms with Crippen molar-refractivity contribution < 1.29 is 19.0 Å². The molecule has 0 aliphatic heterocycles. The van der Waals surface area contributed by atoms with E-state index < -0.39 is 11.8 Å². The van der Waals surface area contributed by atoms with Crippen molar-refractivity contribution in [3.8, 4) is 5.75 Å². The summed E-state index contributed by atoms with van der Waals surface area (Å²) in [5.74, 6) is -2.40. The molecule has 0 fully saturated rings. The molecule has 0 saturated heterocycles. The average Bonchev–Trinajstić information content (AvgIpc) is 2.13. The molecule has 0 saturated carbocycles. The van der Waals surface area contributed by atoms with E-state index in [2.05, 4.69) is 0 Å². The lowest BCUT2D eigenvalue weighted by Crippen LogP contribution is -2.05. The lowest BCUT2D eigenvalue weighted by atomic mass is 10.2. The van der Waals surface area contributed by atoms with Gasteiger partial charge in [0, 0.05) is 0 Å². The van der Waals surface area contributed by atoms with E-state index in [0.29, 0.717) is 0 Å². The highest BCUT2D eigenvalue weighted by Crippen LogP contribution is 2.28. The Balaban J connectivity index is 3.29. The minimum atomic E-state index is -1.25. The Hall–Kier alpha value is -1.29. The molecular weight excluding hydrogens is 211 g/mol. The predicted octanol–water partition coefficient (Wildman–Crippen LogP) is 2.58. The van der Waals surface area contributed by atoms with Gasteiger partial charge in [0.05, 0.1) is 11.6 Å². The van der Waals surface area contributed by atoms with Crippen molar-refractivity contribution in [2.45, 2.75) is 6.92 Å². The summed E-state index contributed by atoms with van der Waals surface area (Å²) in [4.78, 5) is 10.7. The van der Waals surface area contributed by atoms with Crippen LogP contribution in [0, 0.1) is 5.82 Å². The monoisotopic (exact) mass is 218 g/mol. The number of carboxylic acid groups (broad SMARTS) is 1. The van der Waals surface area contributed by atoms with Crippen molar-refractivity contribution >= 4 is 17.6 Å². The summed E-state index contributed by atoms with van der Waals surface area (Å²) in [5, 5.41) is 8.56. The molecule has 1 rings (SSSR count). The molecule has 0 amide bonds. The molecule has 1 aromatic carbocycles. The number of halogens is 2. The van der Waals surface area contributed by atoms with Crippen LogP contribution in [0.2, 0.25) is 5.02 Å². The van der Waals surface area contributed by atoms with Gasteiger partial charge in [-0.25, -0.2) is 9.18 Å². The molecule has 0 aliphatic rings. The van der Waals surface area contributed by atoms with Gasteiger partial charge in [-0.05, 0) is 19.1 Å². The molecule has 14 heavy (non-hydrogen) atoms. The van der Waals surface area contributed by atoms with Crippen LogP contribution in [0.4, 0.5) is 4.39 Å². The van der Waals surface area contributed by atoms with Gasteiger partial charge < -0.3 is 9.84 Å². The molecule has 0 aliphatic carbocycles. The zero-order valence-corrected chi connectivity index (χ0v) is 8.14. The van der Waals surface area contributed by atoms with E-state index in [4.69, 9.17) is 21.4 Å². The summed E-state index contributed by atoms with van der Waals surface area (Å²) in [6.07, 6.45) is 0. The van der Waals surface area contributed by atoms with Crippen LogP contribution in [-0.4, -0.2) is 17.7 Å². The molecule has 0 spiro atoms. The third-order valence-corrected chi connectivity index (χ3v) is 1.86. The number of hydrogen-bond donors (Lipinski definition) is 1. The summed E-state index contributed by atoms with van der Waals surface area (Å²) in [7, 11) is 0. The molecule has 0 aromatic heterocycles. The van der Waals surface area contributed by atoms with Crippen LogP contribution in [0.3, 0.4) is 0 Å². The van der Waals surface area contributed by atoms with Crippen LogP contribution in [-0.2, 0) is 0 Å². The molecular formula is C9H8ClFO3. The Morgan fingerprint density at radius 1 is 1.64 bits per heavy atom. The fourth-order valence-corrected chi connectivity index (χ4v) is 1.13. The molecule has 0 unspecified atom stereocenters. The quantitative estimate of drug-likeness (QED) is 0.848. The summed E-state index contributed by atoms with van der Waals surface area (Å²) < 4.78 is 18.2. The number of ether oxygens (including phenoxy) is 1. The van der Waals surface area contributed by atoms with E-state index >= 15 is 0 Å². The molecule has 0 radical (unpaired) electrons. The van der Waals surface area contributed by atoms with Gasteiger partial charge in [0.1, 0.15) is 5.56 Å². The van der Waals surface area contributed by atoms with Crippen molar-refractivity contribution in [1.82, 2.24) is 0 Å². The van der Waals surface area contributed by atoms with E-state index in [9.17, 15) is 9.18 Å². The second-order valence-electron chi connectivity index (χ2n) is 2.48. The zero-order chi connectivity index (χ0) is 10.7. The Bertz CT molecular complexity index is 365. The second-order valence-corrected chi connectivity index (χ2v) is 2.88. The number of carbonyl (C=O) groups is 1. The van der Waals surface area contributed by atoms with Crippen LogP contribution < -0.4 is 4.74 Å². The zero-order valence-electron chi connectivity index (χ0n) is 7.38. The van der Waals surface area contributed by atoms with E-state index in [1.165, 1.54) is 12.1 Å². The Kier molecular flexibility index (Phi) is 3.30. The number of benzene rings is 1. The Morgan fingerprint density at radius 3 is 2.79 bits per heavy atom. The second kappa shape index (κ2) is 4.28. The Morgan fingerprint density at radius 2 is 2.29 bits per heavy atom. The van der Waals surface area contributed by atoms with Crippen LogP contribution in [0.5, 0.6) is 5.75 Å². The van der Waals surface area contributed by atoms with Crippen LogP contribution in [0.15, 0.2) is 12.1 Å². The van der Waals surface area contributed by atoms with Gasteiger partial charge >= 0.3 is 5.97 Å². The molecule has 1 aromatic rings. The van der Waals surface area contributed by atoms with Crippen molar-refractivity contribution in [3.05, 3.63) is 28.5 Å². The van der Waals surface area contributed by atoms with Crippen LogP contribution in [0.1, 0.15) is 17.3 Å². The van der Waals surface area contributed by atoms with Crippen molar-refractivity contribution in [2.24, 2.45) is 0 Å². The van der Waals surface area contributed by atoms with E-state index in [0.717, 1.165) is 0 Å². The highest BCUT2D eigenvalue weighted by molar-refractivity contribution is 6.31. The van der Waals surface area contributed by atoms with Gasteiger partial charge in [0.25, 0.3) is 0 Å². The van der Waals surface area contributed by atoms with Gasteiger partial charge in [-0.3, -0.25) is 0 Å².